The second-order valence-corrected chi connectivity index (χ2v) is 7.58. The Balaban J connectivity index is 2.05. The smallest absolute Gasteiger partial charge is 0.185 e. The molecular formula is C16H29N3OS. The highest BCUT2D eigenvalue weighted by atomic mass is 32.1. The van der Waals surface area contributed by atoms with Crippen molar-refractivity contribution in [1.82, 2.24) is 10.3 Å². The van der Waals surface area contributed by atoms with Crippen molar-refractivity contribution in [3.8, 4) is 0 Å². The largest absolute Gasteiger partial charge is 0.383 e. The average molecular weight is 311 g/mol. The first-order valence-electron chi connectivity index (χ1n) is 7.95. The Labute approximate surface area is 132 Å². The maximum absolute atomic E-state index is 5.26. The van der Waals surface area contributed by atoms with E-state index in [-0.39, 0.29) is 0 Å². The maximum Gasteiger partial charge on any atom is 0.185 e. The van der Waals surface area contributed by atoms with Gasteiger partial charge in [-0.15, -0.1) is 11.3 Å². The molecule has 1 unspecified atom stereocenters. The van der Waals surface area contributed by atoms with E-state index in [2.05, 4.69) is 38.0 Å². The minimum absolute atomic E-state index is 0.352. The van der Waals surface area contributed by atoms with Crippen LogP contribution in [0.2, 0.25) is 0 Å². The first-order chi connectivity index (χ1) is 10.0. The molecule has 0 aliphatic heterocycles. The first kappa shape index (κ1) is 16.7. The van der Waals surface area contributed by atoms with Crippen molar-refractivity contribution in [3.05, 3.63) is 10.6 Å². The molecule has 1 aliphatic carbocycles. The SMILES string of the molecule is COCC(C)N(C)c1nc(C2CC2)c(CNCC(C)C)s1. The van der Waals surface area contributed by atoms with Gasteiger partial charge in [0.25, 0.3) is 0 Å². The van der Waals surface area contributed by atoms with Gasteiger partial charge in [0, 0.05) is 31.5 Å². The molecule has 1 aliphatic rings. The number of hydrogen-bond donors (Lipinski definition) is 1. The Morgan fingerprint density at radius 3 is 2.67 bits per heavy atom. The van der Waals surface area contributed by atoms with E-state index in [1.54, 1.807) is 7.11 Å². The summed E-state index contributed by atoms with van der Waals surface area (Å²) in [5.41, 5.74) is 1.34. The molecule has 1 fully saturated rings. The molecule has 1 aromatic rings. The van der Waals surface area contributed by atoms with Crippen LogP contribution in [0.5, 0.6) is 0 Å². The van der Waals surface area contributed by atoms with Gasteiger partial charge in [0.15, 0.2) is 5.13 Å². The number of hydrogen-bond acceptors (Lipinski definition) is 5. The van der Waals surface area contributed by atoms with Crippen LogP contribution in [0.1, 0.15) is 50.1 Å². The Bertz CT molecular complexity index is 443. The predicted molar refractivity (Wildman–Crippen MR) is 90.4 cm³/mol. The Morgan fingerprint density at radius 2 is 2.10 bits per heavy atom. The van der Waals surface area contributed by atoms with E-state index in [0.29, 0.717) is 17.9 Å². The minimum Gasteiger partial charge on any atom is -0.383 e. The van der Waals surface area contributed by atoms with Gasteiger partial charge in [-0.1, -0.05) is 13.8 Å². The van der Waals surface area contributed by atoms with Crippen molar-refractivity contribution in [1.29, 1.82) is 0 Å². The molecule has 1 N–H and O–H groups in total. The summed E-state index contributed by atoms with van der Waals surface area (Å²) in [6.07, 6.45) is 2.61. The number of thiazole rings is 1. The molecule has 1 saturated carbocycles. The van der Waals surface area contributed by atoms with E-state index in [0.717, 1.165) is 24.8 Å². The highest BCUT2D eigenvalue weighted by Crippen LogP contribution is 2.44. The standard InChI is InChI=1S/C16H29N3OS/c1-11(2)8-17-9-14-15(13-6-7-13)18-16(21-14)19(4)12(3)10-20-5/h11-13,17H,6-10H2,1-5H3. The molecule has 2 rings (SSSR count). The lowest BCUT2D eigenvalue weighted by Gasteiger charge is -2.23. The van der Waals surface area contributed by atoms with Crippen molar-refractivity contribution in [2.24, 2.45) is 5.92 Å². The molecule has 0 bridgehead atoms. The van der Waals surface area contributed by atoms with Gasteiger partial charge in [-0.3, -0.25) is 0 Å². The fourth-order valence-electron chi connectivity index (χ4n) is 2.32. The van der Waals surface area contributed by atoms with Crippen LogP contribution in [0.3, 0.4) is 0 Å². The molecule has 0 spiro atoms. The molecule has 0 aromatic carbocycles. The van der Waals surface area contributed by atoms with Gasteiger partial charge in [-0.05, 0) is 32.2 Å². The summed E-state index contributed by atoms with van der Waals surface area (Å²) in [5, 5.41) is 4.69. The van der Waals surface area contributed by atoms with Gasteiger partial charge in [-0.25, -0.2) is 4.98 Å². The van der Waals surface area contributed by atoms with E-state index >= 15 is 0 Å². The van der Waals surface area contributed by atoms with Crippen LogP contribution < -0.4 is 10.2 Å². The highest BCUT2D eigenvalue weighted by molar-refractivity contribution is 7.15. The third kappa shape index (κ3) is 4.66. The molecule has 0 radical (unpaired) electrons. The molecule has 1 heterocycles. The van der Waals surface area contributed by atoms with Gasteiger partial charge in [-0.2, -0.15) is 0 Å². The second-order valence-electron chi connectivity index (χ2n) is 6.52. The number of rotatable bonds is 9. The highest BCUT2D eigenvalue weighted by Gasteiger charge is 2.30. The quantitative estimate of drug-likeness (QED) is 0.760. The zero-order chi connectivity index (χ0) is 15.4. The Kier molecular flexibility index (Phi) is 6.02. The number of ether oxygens (including phenoxy) is 1. The van der Waals surface area contributed by atoms with E-state index in [1.165, 1.54) is 23.4 Å². The topological polar surface area (TPSA) is 37.4 Å². The van der Waals surface area contributed by atoms with Gasteiger partial charge >= 0.3 is 0 Å². The van der Waals surface area contributed by atoms with E-state index in [4.69, 9.17) is 9.72 Å². The molecule has 0 saturated heterocycles. The number of likely N-dealkylation sites (N-methyl/N-ethyl adjacent to an activating group) is 1. The molecule has 1 aromatic heterocycles. The van der Waals surface area contributed by atoms with Crippen LogP contribution in [0.15, 0.2) is 0 Å². The van der Waals surface area contributed by atoms with Crippen molar-refractivity contribution >= 4 is 16.5 Å². The van der Waals surface area contributed by atoms with E-state index < -0.39 is 0 Å². The summed E-state index contributed by atoms with van der Waals surface area (Å²) < 4.78 is 5.26. The van der Waals surface area contributed by atoms with Gasteiger partial charge in [0.05, 0.1) is 18.3 Å². The molecular weight excluding hydrogens is 282 g/mol. The maximum atomic E-state index is 5.26. The average Bonchev–Trinajstić information content (AvgIpc) is 3.19. The monoisotopic (exact) mass is 311 g/mol. The lowest BCUT2D eigenvalue weighted by molar-refractivity contribution is 0.183. The molecule has 0 amide bonds. The number of methoxy groups -OCH3 is 1. The zero-order valence-electron chi connectivity index (χ0n) is 14.0. The van der Waals surface area contributed by atoms with Crippen molar-refractivity contribution in [3.63, 3.8) is 0 Å². The lowest BCUT2D eigenvalue weighted by atomic mass is 10.2. The number of aromatic nitrogens is 1. The number of nitrogens with one attached hydrogen (secondary N) is 1. The summed E-state index contributed by atoms with van der Waals surface area (Å²) >= 11 is 1.84. The Hall–Kier alpha value is -0.650. The van der Waals surface area contributed by atoms with Crippen LogP contribution >= 0.6 is 11.3 Å². The third-order valence-corrected chi connectivity index (χ3v) is 5.05. The molecule has 21 heavy (non-hydrogen) atoms. The van der Waals surface area contributed by atoms with E-state index in [1.807, 2.05) is 11.3 Å². The van der Waals surface area contributed by atoms with Gasteiger partial charge < -0.3 is 15.0 Å². The predicted octanol–water partition coefficient (Wildman–Crippen LogP) is 3.24. The molecule has 5 heteroatoms. The van der Waals surface area contributed by atoms with Crippen LogP contribution in [0, 0.1) is 5.92 Å². The molecule has 4 nitrogen and oxygen atoms in total. The van der Waals surface area contributed by atoms with E-state index in [9.17, 15) is 0 Å². The van der Waals surface area contributed by atoms with Crippen molar-refractivity contribution in [2.45, 2.75) is 52.1 Å². The molecule has 1 atom stereocenters. The summed E-state index contributed by atoms with van der Waals surface area (Å²) in [6.45, 7) is 9.41. The third-order valence-electron chi connectivity index (χ3n) is 3.89. The van der Waals surface area contributed by atoms with Crippen LogP contribution in [0.4, 0.5) is 5.13 Å². The lowest BCUT2D eigenvalue weighted by Crippen LogP contribution is -2.32. The second kappa shape index (κ2) is 7.56. The summed E-state index contributed by atoms with van der Waals surface area (Å²) in [5.74, 6) is 1.39. The zero-order valence-corrected chi connectivity index (χ0v) is 14.8. The number of anilines is 1. The molecule has 120 valence electrons. The van der Waals surface area contributed by atoms with Gasteiger partial charge in [0.1, 0.15) is 0 Å². The first-order valence-corrected chi connectivity index (χ1v) is 8.76. The van der Waals surface area contributed by atoms with Crippen LogP contribution in [-0.4, -0.2) is 38.3 Å². The summed E-state index contributed by atoms with van der Waals surface area (Å²) in [7, 11) is 3.87. The summed E-state index contributed by atoms with van der Waals surface area (Å²) in [6, 6.07) is 0.352. The van der Waals surface area contributed by atoms with Gasteiger partial charge in [0.2, 0.25) is 0 Å². The van der Waals surface area contributed by atoms with Crippen LogP contribution in [0.25, 0.3) is 0 Å². The normalized spacial score (nSPS) is 16.5. The van der Waals surface area contributed by atoms with Crippen molar-refractivity contribution in [2.75, 3.05) is 32.2 Å². The number of nitrogens with zero attached hydrogens (tertiary/aromatic N) is 2. The fraction of sp³-hybridized carbons (Fsp3) is 0.812. The summed E-state index contributed by atoms with van der Waals surface area (Å²) in [4.78, 5) is 8.59. The Morgan fingerprint density at radius 1 is 1.38 bits per heavy atom. The van der Waals surface area contributed by atoms with Crippen LogP contribution in [-0.2, 0) is 11.3 Å². The van der Waals surface area contributed by atoms with Crippen molar-refractivity contribution < 1.29 is 4.74 Å². The fourth-order valence-corrected chi connectivity index (χ4v) is 3.50. The minimum atomic E-state index is 0.352.